The number of benzene rings is 2. The van der Waals surface area contributed by atoms with Crippen molar-refractivity contribution in [1.82, 2.24) is 9.88 Å². The van der Waals surface area contributed by atoms with E-state index in [0.29, 0.717) is 0 Å². The van der Waals surface area contributed by atoms with Crippen LogP contribution in [0.15, 0.2) is 65.3 Å². The Morgan fingerprint density at radius 3 is 2.47 bits per heavy atom. The number of allylic oxidation sites excluding steroid dienone is 3. The van der Waals surface area contributed by atoms with Gasteiger partial charge >= 0.3 is 0 Å². The smallest absolute Gasteiger partial charge is 0.198 e. The number of rotatable bonds is 13. The third-order valence-corrected chi connectivity index (χ3v) is 8.46. The third kappa shape index (κ3) is 11.8. The molecule has 1 saturated heterocycles. The van der Waals surface area contributed by atoms with Gasteiger partial charge in [0.2, 0.25) is 0 Å². The molecule has 1 aromatic heterocycles. The van der Waals surface area contributed by atoms with Crippen LogP contribution in [0.4, 0.5) is 0 Å². The Hall–Kier alpha value is -3.79. The number of methoxy groups -OCH3 is 1. The largest absolute Gasteiger partial charge is 0.496 e. The van der Waals surface area contributed by atoms with Crippen molar-refractivity contribution in [3.05, 3.63) is 71.5 Å². The molecule has 2 heterocycles. The van der Waals surface area contributed by atoms with E-state index < -0.39 is 0 Å². The number of ether oxygens (including phenoxy) is 2. The first-order valence-corrected chi connectivity index (χ1v) is 17.3. The molecule has 6 heteroatoms. The molecule has 2 aromatic carbocycles. The molecule has 0 radical (unpaired) electrons. The standard InChI is InChI=1S/C25H28N2O2.C12H25NO.C4H6/c1-6-8-11-19(7-2)26-17(4)24-20-15-18(13-14-21(20)27-25(24)28)23-16(3)10-9-12-22(23)29-5;1-4-7-13(12-9-14-10-12)8-6-11(3)5-2;1-3-4-2/h7-15,27-28H,6H2,1-5H3;11-12H,4-10H2,1-3H3;1H,4H2,2H3/b11-8-,19-7+,26-17?;;. The Labute approximate surface area is 285 Å². The van der Waals surface area contributed by atoms with Gasteiger partial charge in [-0.25, -0.2) is 0 Å². The molecule has 0 aliphatic carbocycles. The van der Waals surface area contributed by atoms with Crippen molar-refractivity contribution in [3.63, 3.8) is 0 Å². The lowest BCUT2D eigenvalue weighted by molar-refractivity contribution is -0.0659. The SMILES string of the molecule is C#CCC.C/C=C(\C=C/CC)N=C(C)c1c(O)[nH]c2ccc(-c3c(C)cccc3OC)cc12.CCCN(CCC(C)CC)C1COC1. The normalized spacial score (nSPS) is 14.2. The fourth-order valence-corrected chi connectivity index (χ4v) is 5.36. The quantitative estimate of drug-likeness (QED) is 0.111. The number of nitrogens with zero attached hydrogens (tertiary/aromatic N) is 2. The summed E-state index contributed by atoms with van der Waals surface area (Å²) >= 11 is 0. The van der Waals surface area contributed by atoms with Crippen LogP contribution in [0.3, 0.4) is 0 Å². The first-order chi connectivity index (χ1) is 22.7. The fourth-order valence-electron chi connectivity index (χ4n) is 5.36. The molecule has 256 valence electrons. The molecule has 47 heavy (non-hydrogen) atoms. The molecule has 3 aromatic rings. The van der Waals surface area contributed by atoms with Crippen LogP contribution in [0.25, 0.3) is 22.0 Å². The second-order valence-corrected chi connectivity index (χ2v) is 12.1. The Kier molecular flexibility index (Phi) is 17.7. The van der Waals surface area contributed by atoms with Gasteiger partial charge in [0.05, 0.1) is 43.3 Å². The van der Waals surface area contributed by atoms with Crippen LogP contribution >= 0.6 is 0 Å². The second-order valence-electron chi connectivity index (χ2n) is 12.1. The summed E-state index contributed by atoms with van der Waals surface area (Å²) in [5.74, 6) is 4.26. The topological polar surface area (TPSA) is 70.1 Å². The molecule has 2 N–H and O–H groups in total. The molecule has 0 saturated carbocycles. The minimum absolute atomic E-state index is 0.130. The first kappa shape index (κ1) is 39.4. The number of terminal acetylenes is 1. The zero-order valence-electron chi connectivity index (χ0n) is 30.5. The Balaban J connectivity index is 0.000000355. The van der Waals surface area contributed by atoms with Crippen LogP contribution in [-0.4, -0.2) is 60.2 Å². The van der Waals surface area contributed by atoms with E-state index in [2.05, 4.69) is 68.6 Å². The highest BCUT2D eigenvalue weighted by Gasteiger charge is 2.25. The number of aromatic hydroxyl groups is 1. The molecule has 1 unspecified atom stereocenters. The molecule has 0 amide bonds. The summed E-state index contributed by atoms with van der Waals surface area (Å²) in [6, 6.07) is 12.9. The molecular weight excluding hydrogens is 582 g/mol. The summed E-state index contributed by atoms with van der Waals surface area (Å²) in [7, 11) is 1.68. The molecule has 1 aliphatic heterocycles. The van der Waals surface area contributed by atoms with Crippen LogP contribution in [-0.2, 0) is 4.74 Å². The van der Waals surface area contributed by atoms with Crippen molar-refractivity contribution in [2.24, 2.45) is 10.9 Å². The number of hydrogen-bond acceptors (Lipinski definition) is 5. The lowest BCUT2D eigenvalue weighted by Gasteiger charge is -2.37. The minimum Gasteiger partial charge on any atom is -0.496 e. The average Bonchev–Trinajstić information content (AvgIpc) is 3.39. The highest BCUT2D eigenvalue weighted by Crippen LogP contribution is 2.37. The van der Waals surface area contributed by atoms with E-state index in [4.69, 9.17) is 20.9 Å². The zero-order chi connectivity index (χ0) is 34.8. The highest BCUT2D eigenvalue weighted by atomic mass is 16.5. The van der Waals surface area contributed by atoms with Crippen molar-refractivity contribution >= 4 is 16.6 Å². The Morgan fingerprint density at radius 2 is 1.91 bits per heavy atom. The molecule has 4 rings (SSSR count). The van der Waals surface area contributed by atoms with Gasteiger partial charge in [0.1, 0.15) is 5.75 Å². The molecule has 1 aliphatic rings. The van der Waals surface area contributed by atoms with E-state index >= 15 is 0 Å². The number of aromatic nitrogens is 1. The second kappa shape index (κ2) is 21.2. The minimum atomic E-state index is 0.130. The van der Waals surface area contributed by atoms with Crippen LogP contribution in [0.5, 0.6) is 11.6 Å². The molecule has 0 bridgehead atoms. The van der Waals surface area contributed by atoms with E-state index in [1.165, 1.54) is 32.4 Å². The summed E-state index contributed by atoms with van der Waals surface area (Å²) < 4.78 is 10.8. The molecular formula is C41H59N3O3. The number of H-pyrrole nitrogens is 1. The van der Waals surface area contributed by atoms with Gasteiger partial charge in [0.25, 0.3) is 0 Å². The van der Waals surface area contributed by atoms with Gasteiger partial charge in [-0.1, -0.05) is 71.4 Å². The predicted molar refractivity (Wildman–Crippen MR) is 202 cm³/mol. The van der Waals surface area contributed by atoms with E-state index in [-0.39, 0.29) is 5.88 Å². The van der Waals surface area contributed by atoms with Gasteiger partial charge in [-0.3, -0.25) is 9.89 Å². The number of aryl methyl sites for hydroxylation is 1. The third-order valence-electron chi connectivity index (χ3n) is 8.46. The van der Waals surface area contributed by atoms with Crippen molar-refractivity contribution in [3.8, 4) is 35.1 Å². The van der Waals surface area contributed by atoms with Crippen LogP contribution in [0, 0.1) is 25.2 Å². The number of hydrogen-bond donors (Lipinski definition) is 2. The van der Waals surface area contributed by atoms with Crippen molar-refractivity contribution in [1.29, 1.82) is 0 Å². The van der Waals surface area contributed by atoms with Crippen molar-refractivity contribution in [2.45, 2.75) is 93.5 Å². The van der Waals surface area contributed by atoms with Gasteiger partial charge in [0, 0.05) is 22.9 Å². The molecule has 6 nitrogen and oxygen atoms in total. The molecule has 1 fully saturated rings. The highest BCUT2D eigenvalue weighted by molar-refractivity contribution is 6.13. The monoisotopic (exact) mass is 641 g/mol. The van der Waals surface area contributed by atoms with E-state index in [1.54, 1.807) is 7.11 Å². The van der Waals surface area contributed by atoms with Gasteiger partial charge in [0.15, 0.2) is 5.88 Å². The molecule has 0 spiro atoms. The molecule has 1 atom stereocenters. The van der Waals surface area contributed by atoms with Gasteiger partial charge in [-0.05, 0) is 94.4 Å². The summed E-state index contributed by atoms with van der Waals surface area (Å²) in [6.45, 7) is 21.3. The first-order valence-electron chi connectivity index (χ1n) is 17.3. The van der Waals surface area contributed by atoms with Crippen LogP contribution in [0.2, 0.25) is 0 Å². The van der Waals surface area contributed by atoms with Crippen LogP contribution < -0.4 is 4.74 Å². The van der Waals surface area contributed by atoms with Crippen molar-refractivity contribution in [2.75, 3.05) is 33.4 Å². The summed E-state index contributed by atoms with van der Waals surface area (Å²) in [5.41, 5.74) is 6.45. The number of nitrogens with one attached hydrogen (secondary N) is 1. The summed E-state index contributed by atoms with van der Waals surface area (Å²) in [4.78, 5) is 10.4. The maximum Gasteiger partial charge on any atom is 0.198 e. The predicted octanol–water partition coefficient (Wildman–Crippen LogP) is 10.1. The summed E-state index contributed by atoms with van der Waals surface area (Å²) in [6.07, 6.45) is 16.5. The van der Waals surface area contributed by atoms with E-state index in [9.17, 15) is 5.11 Å². The fraction of sp³-hybridized carbons (Fsp3) is 0.488. The van der Waals surface area contributed by atoms with E-state index in [1.807, 2.05) is 57.2 Å². The Bertz CT molecular complexity index is 1500. The van der Waals surface area contributed by atoms with Gasteiger partial charge in [-0.2, -0.15) is 0 Å². The maximum absolute atomic E-state index is 10.6. The Morgan fingerprint density at radius 1 is 1.19 bits per heavy atom. The van der Waals surface area contributed by atoms with Crippen molar-refractivity contribution < 1.29 is 14.6 Å². The number of fused-ring (bicyclic) bond motifs is 1. The lowest BCUT2D eigenvalue weighted by atomic mass is 9.97. The van der Waals surface area contributed by atoms with Gasteiger partial charge < -0.3 is 19.6 Å². The average molecular weight is 642 g/mol. The lowest BCUT2D eigenvalue weighted by Crippen LogP contribution is -2.49. The van der Waals surface area contributed by atoms with E-state index in [0.717, 1.165) is 88.3 Å². The van der Waals surface area contributed by atoms with Gasteiger partial charge in [-0.15, -0.1) is 12.3 Å². The zero-order valence-corrected chi connectivity index (χ0v) is 30.5. The van der Waals surface area contributed by atoms with Crippen LogP contribution in [0.1, 0.15) is 91.7 Å². The summed E-state index contributed by atoms with van der Waals surface area (Å²) in [5, 5.41) is 11.5. The number of aliphatic imine (C=N–C) groups is 1. The number of aromatic amines is 1. The maximum atomic E-state index is 10.6.